The Kier molecular flexibility index (Phi) is 6.73. The smallest absolute Gasteiger partial charge is 0.354 e. The number of aromatic amines is 1. The van der Waals surface area contributed by atoms with Gasteiger partial charge in [0, 0.05) is 28.5 Å². The van der Waals surface area contributed by atoms with Gasteiger partial charge in [-0.3, -0.25) is 0 Å². The standard InChI is InChI=1S/C22H25ClN2O3/c1-3-28-22(27)20-12-17-10-15(7-8-19(17)25-20)9-14(2)24-13-21(26)16-5-4-6-18(23)11-16/h4-8,10-12,14,21,24-26H,3,9,13H2,1-2H3/t14-,21+/m1/s1. The maximum absolute atomic E-state index is 11.9. The van der Waals surface area contributed by atoms with Crippen molar-refractivity contribution in [3.8, 4) is 0 Å². The Bertz CT molecular complexity index is 954. The normalized spacial score (nSPS) is 13.4. The van der Waals surface area contributed by atoms with E-state index in [0.29, 0.717) is 23.9 Å². The van der Waals surface area contributed by atoms with Crippen LogP contribution in [0.5, 0.6) is 0 Å². The molecule has 3 rings (SSSR count). The molecular formula is C22H25ClN2O3. The van der Waals surface area contributed by atoms with E-state index in [-0.39, 0.29) is 12.0 Å². The maximum Gasteiger partial charge on any atom is 0.354 e. The summed E-state index contributed by atoms with van der Waals surface area (Å²) in [5.41, 5.74) is 3.32. The van der Waals surface area contributed by atoms with E-state index in [1.165, 1.54) is 0 Å². The van der Waals surface area contributed by atoms with Crippen LogP contribution in [0.25, 0.3) is 10.9 Å². The van der Waals surface area contributed by atoms with Gasteiger partial charge in [0.05, 0.1) is 12.7 Å². The molecule has 6 heteroatoms. The minimum Gasteiger partial charge on any atom is -0.461 e. The number of esters is 1. The fourth-order valence-corrected chi connectivity index (χ4v) is 3.40. The molecule has 28 heavy (non-hydrogen) atoms. The van der Waals surface area contributed by atoms with E-state index in [4.69, 9.17) is 16.3 Å². The van der Waals surface area contributed by atoms with Gasteiger partial charge in [0.1, 0.15) is 5.69 Å². The van der Waals surface area contributed by atoms with Gasteiger partial charge in [-0.15, -0.1) is 0 Å². The lowest BCUT2D eigenvalue weighted by Crippen LogP contribution is -2.32. The van der Waals surface area contributed by atoms with E-state index < -0.39 is 6.10 Å². The lowest BCUT2D eigenvalue weighted by atomic mass is 10.0. The van der Waals surface area contributed by atoms with Gasteiger partial charge in [0.25, 0.3) is 0 Å². The van der Waals surface area contributed by atoms with Gasteiger partial charge in [-0.25, -0.2) is 4.79 Å². The average Bonchev–Trinajstić information content (AvgIpc) is 3.10. The van der Waals surface area contributed by atoms with Crippen molar-refractivity contribution in [3.63, 3.8) is 0 Å². The number of ether oxygens (including phenoxy) is 1. The van der Waals surface area contributed by atoms with Crippen LogP contribution in [-0.4, -0.2) is 35.3 Å². The van der Waals surface area contributed by atoms with E-state index in [1.54, 1.807) is 19.1 Å². The van der Waals surface area contributed by atoms with Crippen molar-refractivity contribution in [2.75, 3.05) is 13.2 Å². The van der Waals surface area contributed by atoms with Gasteiger partial charge in [0.15, 0.2) is 0 Å². The Balaban J connectivity index is 1.59. The van der Waals surface area contributed by atoms with Gasteiger partial charge < -0.3 is 20.1 Å². The van der Waals surface area contributed by atoms with Crippen LogP contribution < -0.4 is 5.32 Å². The molecule has 0 spiro atoms. The summed E-state index contributed by atoms with van der Waals surface area (Å²) in [6, 6.07) is 15.3. The Morgan fingerprint density at radius 3 is 2.82 bits per heavy atom. The van der Waals surface area contributed by atoms with E-state index in [9.17, 15) is 9.90 Å². The first kappa shape index (κ1) is 20.4. The van der Waals surface area contributed by atoms with Gasteiger partial charge in [-0.05, 0) is 61.7 Å². The molecule has 0 saturated heterocycles. The molecule has 5 nitrogen and oxygen atoms in total. The number of hydrogen-bond donors (Lipinski definition) is 3. The zero-order valence-corrected chi connectivity index (χ0v) is 16.8. The van der Waals surface area contributed by atoms with E-state index in [1.807, 2.05) is 30.3 Å². The molecule has 0 aliphatic heterocycles. The molecule has 2 aromatic carbocycles. The summed E-state index contributed by atoms with van der Waals surface area (Å²) in [4.78, 5) is 15.0. The van der Waals surface area contributed by atoms with E-state index in [2.05, 4.69) is 23.3 Å². The Hall–Kier alpha value is -2.34. The van der Waals surface area contributed by atoms with Crippen molar-refractivity contribution in [2.45, 2.75) is 32.4 Å². The first-order chi connectivity index (χ1) is 13.5. The van der Waals surface area contributed by atoms with E-state index >= 15 is 0 Å². The molecule has 0 radical (unpaired) electrons. The summed E-state index contributed by atoms with van der Waals surface area (Å²) < 4.78 is 5.04. The summed E-state index contributed by atoms with van der Waals surface area (Å²) in [7, 11) is 0. The highest BCUT2D eigenvalue weighted by Gasteiger charge is 2.13. The van der Waals surface area contributed by atoms with Gasteiger partial charge in [-0.1, -0.05) is 29.8 Å². The molecule has 0 amide bonds. The quantitative estimate of drug-likeness (QED) is 0.494. The van der Waals surface area contributed by atoms with Gasteiger partial charge in [-0.2, -0.15) is 0 Å². The van der Waals surface area contributed by atoms with Crippen molar-refractivity contribution < 1.29 is 14.6 Å². The van der Waals surface area contributed by atoms with Crippen LogP contribution in [0.3, 0.4) is 0 Å². The monoisotopic (exact) mass is 400 g/mol. The molecule has 1 aromatic heterocycles. The molecular weight excluding hydrogens is 376 g/mol. The fraction of sp³-hybridized carbons (Fsp3) is 0.318. The van der Waals surface area contributed by atoms with Gasteiger partial charge in [0.2, 0.25) is 0 Å². The first-order valence-corrected chi connectivity index (χ1v) is 9.79. The van der Waals surface area contributed by atoms with Crippen LogP contribution in [0.1, 0.15) is 41.6 Å². The summed E-state index contributed by atoms with van der Waals surface area (Å²) in [5, 5.41) is 15.3. The number of nitrogens with one attached hydrogen (secondary N) is 2. The summed E-state index contributed by atoms with van der Waals surface area (Å²) in [5.74, 6) is -0.342. The molecule has 0 fully saturated rings. The minimum atomic E-state index is -0.611. The number of carbonyl (C=O) groups is 1. The third-order valence-corrected chi connectivity index (χ3v) is 4.85. The molecule has 0 unspecified atom stereocenters. The number of carbonyl (C=O) groups excluding carboxylic acids is 1. The van der Waals surface area contributed by atoms with Crippen LogP contribution >= 0.6 is 11.6 Å². The highest BCUT2D eigenvalue weighted by molar-refractivity contribution is 6.30. The Morgan fingerprint density at radius 2 is 2.07 bits per heavy atom. The van der Waals surface area contributed by atoms with Crippen LogP contribution in [0.4, 0.5) is 0 Å². The molecule has 3 N–H and O–H groups in total. The molecule has 3 aromatic rings. The van der Waals surface area contributed by atoms with Crippen LogP contribution in [0.2, 0.25) is 5.02 Å². The summed E-state index contributed by atoms with van der Waals surface area (Å²) >= 11 is 5.98. The second-order valence-electron chi connectivity index (χ2n) is 6.91. The highest BCUT2D eigenvalue weighted by Crippen LogP contribution is 2.20. The summed E-state index contributed by atoms with van der Waals surface area (Å²) in [6.07, 6.45) is 0.193. The van der Waals surface area contributed by atoms with Crippen molar-refractivity contribution >= 4 is 28.5 Å². The van der Waals surface area contributed by atoms with Crippen molar-refractivity contribution in [1.29, 1.82) is 0 Å². The Labute approximate surface area is 169 Å². The number of halogens is 1. The van der Waals surface area contributed by atoms with Crippen LogP contribution in [-0.2, 0) is 11.2 Å². The highest BCUT2D eigenvalue weighted by atomic mass is 35.5. The molecule has 0 aliphatic rings. The number of aromatic nitrogens is 1. The third-order valence-electron chi connectivity index (χ3n) is 4.62. The predicted octanol–water partition coefficient (Wildman–Crippen LogP) is 4.25. The number of rotatable bonds is 8. The maximum atomic E-state index is 11.9. The van der Waals surface area contributed by atoms with Crippen molar-refractivity contribution in [3.05, 3.63) is 70.4 Å². The van der Waals surface area contributed by atoms with Crippen molar-refractivity contribution in [1.82, 2.24) is 10.3 Å². The topological polar surface area (TPSA) is 74.3 Å². The number of H-pyrrole nitrogens is 1. The van der Waals surface area contributed by atoms with Gasteiger partial charge >= 0.3 is 5.97 Å². The number of aliphatic hydroxyl groups excluding tert-OH is 1. The summed E-state index contributed by atoms with van der Waals surface area (Å²) in [6.45, 7) is 4.66. The van der Waals surface area contributed by atoms with E-state index in [0.717, 1.165) is 28.5 Å². The minimum absolute atomic E-state index is 0.176. The zero-order chi connectivity index (χ0) is 20.1. The SMILES string of the molecule is CCOC(=O)c1cc2cc(C[C@@H](C)NC[C@H](O)c3cccc(Cl)c3)ccc2[nH]1. The molecule has 0 bridgehead atoms. The molecule has 148 valence electrons. The number of benzene rings is 2. The third kappa shape index (κ3) is 5.13. The fourth-order valence-electron chi connectivity index (χ4n) is 3.20. The molecule has 1 heterocycles. The number of aliphatic hydroxyl groups is 1. The van der Waals surface area contributed by atoms with Crippen molar-refractivity contribution in [2.24, 2.45) is 0 Å². The van der Waals surface area contributed by atoms with Crippen LogP contribution in [0, 0.1) is 0 Å². The lowest BCUT2D eigenvalue weighted by molar-refractivity contribution is 0.0520. The molecule has 0 aliphatic carbocycles. The Morgan fingerprint density at radius 1 is 1.25 bits per heavy atom. The first-order valence-electron chi connectivity index (χ1n) is 9.42. The second kappa shape index (κ2) is 9.24. The molecule has 0 saturated carbocycles. The second-order valence-corrected chi connectivity index (χ2v) is 7.35. The average molecular weight is 401 g/mol. The number of fused-ring (bicyclic) bond motifs is 1. The lowest BCUT2D eigenvalue weighted by Gasteiger charge is -2.18. The molecule has 2 atom stereocenters. The number of hydrogen-bond acceptors (Lipinski definition) is 4. The predicted molar refractivity (Wildman–Crippen MR) is 112 cm³/mol. The largest absolute Gasteiger partial charge is 0.461 e. The zero-order valence-electron chi connectivity index (χ0n) is 16.0. The van der Waals surface area contributed by atoms with Crippen LogP contribution in [0.15, 0.2) is 48.5 Å².